The van der Waals surface area contributed by atoms with E-state index in [1.165, 1.54) is 18.2 Å². The van der Waals surface area contributed by atoms with Gasteiger partial charge in [0.25, 0.3) is 0 Å². The van der Waals surface area contributed by atoms with Crippen LogP contribution in [0.3, 0.4) is 0 Å². The molecule has 0 unspecified atom stereocenters. The van der Waals surface area contributed by atoms with Gasteiger partial charge in [-0.3, -0.25) is 0 Å². The van der Waals surface area contributed by atoms with Crippen LogP contribution in [0.5, 0.6) is 0 Å². The fourth-order valence-corrected chi connectivity index (χ4v) is 1.92. The molecule has 0 aliphatic heterocycles. The van der Waals surface area contributed by atoms with Crippen molar-refractivity contribution in [3.8, 4) is 0 Å². The topological polar surface area (TPSA) is 83.2 Å². The molecule has 2 N–H and O–H groups in total. The molecule has 0 heterocycles. The van der Waals surface area contributed by atoms with Gasteiger partial charge in [-0.1, -0.05) is 17.7 Å². The maximum atomic E-state index is 10.6. The fourth-order valence-electron chi connectivity index (χ4n) is 0.789. The Kier molecular flexibility index (Phi) is 4.29. The molecule has 0 saturated carbocycles. The third-order valence-corrected chi connectivity index (χ3v) is 2.63. The molecule has 13 heavy (non-hydrogen) atoms. The number of hydrogen-bond acceptors (Lipinski definition) is 4. The van der Waals surface area contributed by atoms with Crippen LogP contribution in [0.4, 0.5) is 5.69 Å². The van der Waals surface area contributed by atoms with Crippen molar-refractivity contribution in [1.29, 1.82) is 0 Å². The average molecular weight is 214 g/mol. The van der Waals surface area contributed by atoms with E-state index in [0.29, 0.717) is 0 Å². The summed E-state index contributed by atoms with van der Waals surface area (Å²) in [6.45, 7) is 0. The van der Waals surface area contributed by atoms with Crippen LogP contribution in [0.15, 0.2) is 23.1 Å². The van der Waals surface area contributed by atoms with Gasteiger partial charge in [0.2, 0.25) is 0 Å². The minimum atomic E-state index is -4.57. The smallest absolute Gasteiger partial charge is 0.744 e. The van der Waals surface area contributed by atoms with Crippen LogP contribution in [0.25, 0.3) is 0 Å². The number of anilines is 1. The van der Waals surface area contributed by atoms with Crippen LogP contribution in [-0.2, 0) is 10.1 Å². The summed E-state index contributed by atoms with van der Waals surface area (Å²) in [4.78, 5) is -0.549. The largest absolute Gasteiger partial charge is 1.00 e. The molecule has 0 fully saturated rings. The van der Waals surface area contributed by atoms with E-state index in [0.717, 1.165) is 0 Å². The predicted molar refractivity (Wildman–Crippen MR) is 43.8 cm³/mol. The van der Waals surface area contributed by atoms with Gasteiger partial charge in [-0.25, -0.2) is 8.42 Å². The van der Waals surface area contributed by atoms with Crippen LogP contribution in [0.2, 0.25) is 5.02 Å². The summed E-state index contributed by atoms with van der Waals surface area (Å²) >= 11 is 5.45. The van der Waals surface area contributed by atoms with Gasteiger partial charge in [-0.2, -0.15) is 0 Å². The molecule has 7 heteroatoms. The minimum absolute atomic E-state index is 0. The summed E-state index contributed by atoms with van der Waals surface area (Å²) in [7, 11) is -4.57. The van der Waals surface area contributed by atoms with Gasteiger partial charge in [0, 0.05) is 0 Å². The van der Waals surface area contributed by atoms with Gasteiger partial charge in [-0.05, 0) is 12.1 Å². The SMILES string of the molecule is Nc1cccc(Cl)c1S(=O)(=O)[O-].[Li+]. The fraction of sp³-hybridized carbons (Fsp3) is 0. The first kappa shape index (κ1) is 12.8. The van der Waals surface area contributed by atoms with Gasteiger partial charge in [0.15, 0.2) is 0 Å². The van der Waals surface area contributed by atoms with Gasteiger partial charge >= 0.3 is 18.9 Å². The number of benzene rings is 1. The Balaban J connectivity index is 0.00000144. The predicted octanol–water partition coefficient (Wildman–Crippen LogP) is -2.17. The number of rotatable bonds is 1. The molecule has 66 valence electrons. The molecule has 0 radical (unpaired) electrons. The Labute approximate surface area is 93.0 Å². The first-order valence-corrected chi connectivity index (χ1v) is 4.71. The Bertz CT molecular complexity index is 386. The van der Waals surface area contributed by atoms with E-state index >= 15 is 0 Å². The summed E-state index contributed by atoms with van der Waals surface area (Å²) in [6.07, 6.45) is 0. The van der Waals surface area contributed by atoms with Crippen molar-refractivity contribution in [2.45, 2.75) is 4.90 Å². The second-order valence-electron chi connectivity index (χ2n) is 2.11. The first-order valence-electron chi connectivity index (χ1n) is 2.93. The van der Waals surface area contributed by atoms with Crippen LogP contribution in [0.1, 0.15) is 0 Å². The first-order chi connectivity index (χ1) is 5.43. The number of nitrogen functional groups attached to an aromatic ring is 1. The number of nitrogens with two attached hydrogens (primary N) is 1. The Morgan fingerprint density at radius 3 is 2.23 bits per heavy atom. The van der Waals surface area contributed by atoms with E-state index in [1.54, 1.807) is 0 Å². The molecule has 1 aromatic rings. The third-order valence-electron chi connectivity index (χ3n) is 1.25. The standard InChI is InChI=1S/C6H6ClNO3S.Li/c7-4-2-1-3-5(8)6(4)12(9,10)11;/h1-3H,8H2,(H,9,10,11);/q;+1/p-1. The molecule has 0 bridgehead atoms. The van der Waals surface area contributed by atoms with Gasteiger partial charge in [0.05, 0.1) is 15.6 Å². The normalized spacial score (nSPS) is 10.6. The zero-order valence-corrected chi connectivity index (χ0v) is 8.39. The Hall–Kier alpha value is -0.183. The molecule has 0 atom stereocenters. The Morgan fingerprint density at radius 2 is 1.92 bits per heavy atom. The van der Waals surface area contributed by atoms with Crippen molar-refractivity contribution in [2.24, 2.45) is 0 Å². The van der Waals surface area contributed by atoms with Crippen molar-refractivity contribution < 1.29 is 31.8 Å². The minimum Gasteiger partial charge on any atom is -0.744 e. The maximum absolute atomic E-state index is 10.6. The summed E-state index contributed by atoms with van der Waals surface area (Å²) in [5.74, 6) is 0. The second-order valence-corrected chi connectivity index (χ2v) is 3.84. The van der Waals surface area contributed by atoms with E-state index in [4.69, 9.17) is 17.3 Å². The Morgan fingerprint density at radius 1 is 1.38 bits per heavy atom. The van der Waals surface area contributed by atoms with Crippen LogP contribution in [-0.4, -0.2) is 13.0 Å². The van der Waals surface area contributed by atoms with Crippen molar-refractivity contribution in [2.75, 3.05) is 5.73 Å². The zero-order valence-electron chi connectivity index (χ0n) is 6.82. The molecule has 1 aromatic carbocycles. The van der Waals surface area contributed by atoms with Crippen LogP contribution >= 0.6 is 11.6 Å². The maximum Gasteiger partial charge on any atom is 1.00 e. The molecule has 0 aromatic heterocycles. The van der Waals surface area contributed by atoms with Gasteiger partial charge in [-0.15, -0.1) is 0 Å². The quantitative estimate of drug-likeness (QED) is 0.327. The third kappa shape index (κ3) is 2.90. The monoisotopic (exact) mass is 213 g/mol. The molecular weight excluding hydrogens is 209 g/mol. The second kappa shape index (κ2) is 4.36. The van der Waals surface area contributed by atoms with Crippen molar-refractivity contribution in [3.63, 3.8) is 0 Å². The van der Waals surface area contributed by atoms with Crippen molar-refractivity contribution in [1.82, 2.24) is 0 Å². The average Bonchev–Trinajstić information content (AvgIpc) is 1.82. The van der Waals surface area contributed by atoms with E-state index in [9.17, 15) is 13.0 Å². The molecule has 0 amide bonds. The van der Waals surface area contributed by atoms with Crippen molar-refractivity contribution in [3.05, 3.63) is 23.2 Å². The van der Waals surface area contributed by atoms with Gasteiger partial charge in [0.1, 0.15) is 10.1 Å². The molecule has 0 saturated heterocycles. The molecular formula is C6H5ClLiNO3S. The van der Waals surface area contributed by atoms with E-state index < -0.39 is 15.0 Å². The van der Waals surface area contributed by atoms with E-state index in [1.807, 2.05) is 0 Å². The van der Waals surface area contributed by atoms with Crippen LogP contribution in [0, 0.1) is 0 Å². The number of halogens is 1. The summed E-state index contributed by atoms with van der Waals surface area (Å²) in [5, 5.41) is -0.148. The summed E-state index contributed by atoms with van der Waals surface area (Å²) in [6, 6.07) is 4.06. The van der Waals surface area contributed by atoms with E-state index in [-0.39, 0.29) is 29.6 Å². The van der Waals surface area contributed by atoms with Gasteiger partial charge < -0.3 is 10.3 Å². The summed E-state index contributed by atoms with van der Waals surface area (Å²) < 4.78 is 31.7. The van der Waals surface area contributed by atoms with Crippen LogP contribution < -0.4 is 24.6 Å². The number of hydrogen-bond donors (Lipinski definition) is 1. The zero-order chi connectivity index (χ0) is 9.35. The molecule has 1 rings (SSSR count). The molecule has 0 aliphatic rings. The molecule has 0 aliphatic carbocycles. The van der Waals surface area contributed by atoms with E-state index in [2.05, 4.69) is 0 Å². The molecule has 4 nitrogen and oxygen atoms in total. The van der Waals surface area contributed by atoms with Crippen molar-refractivity contribution >= 4 is 27.4 Å². The summed E-state index contributed by atoms with van der Waals surface area (Å²) in [5.41, 5.74) is 5.12. The molecule has 0 spiro atoms.